The molecule has 0 radical (unpaired) electrons. The summed E-state index contributed by atoms with van der Waals surface area (Å²) < 4.78 is 0. The molecule has 0 aliphatic rings. The lowest BCUT2D eigenvalue weighted by molar-refractivity contribution is -0.131. The van der Waals surface area contributed by atoms with Crippen LogP contribution in [0.15, 0.2) is 0 Å². The second kappa shape index (κ2) is 7.70. The van der Waals surface area contributed by atoms with Crippen molar-refractivity contribution < 1.29 is 4.79 Å². The van der Waals surface area contributed by atoms with E-state index in [1.807, 2.05) is 13.8 Å². The summed E-state index contributed by atoms with van der Waals surface area (Å²) in [7, 11) is 0. The van der Waals surface area contributed by atoms with Crippen LogP contribution in [0, 0.1) is 5.41 Å². The zero-order chi connectivity index (χ0) is 11.4. The number of amides is 1. The summed E-state index contributed by atoms with van der Waals surface area (Å²) in [6, 6.07) is 0. The van der Waals surface area contributed by atoms with Crippen molar-refractivity contribution >= 4 is 5.91 Å². The van der Waals surface area contributed by atoms with Crippen molar-refractivity contribution in [3.05, 3.63) is 0 Å². The maximum absolute atomic E-state index is 11.9. The number of hydrogen-bond donors (Lipinski definition) is 1. The van der Waals surface area contributed by atoms with Crippen LogP contribution < -0.4 is 5.32 Å². The van der Waals surface area contributed by atoms with Gasteiger partial charge in [-0.2, -0.15) is 0 Å². The van der Waals surface area contributed by atoms with E-state index >= 15 is 0 Å². The topological polar surface area (TPSA) is 29.1 Å². The van der Waals surface area contributed by atoms with Gasteiger partial charge < -0.3 is 5.32 Å². The molecule has 0 aromatic heterocycles. The summed E-state index contributed by atoms with van der Waals surface area (Å²) in [5.41, 5.74) is -0.283. The molecule has 0 unspecified atom stereocenters. The summed E-state index contributed by atoms with van der Waals surface area (Å²) in [5.74, 6) is 0.172. The molecular formula is C14H33NO. The minimum atomic E-state index is -0.244. The van der Waals surface area contributed by atoms with Gasteiger partial charge in [-0.1, -0.05) is 49.5 Å². The first kappa shape index (κ1) is 20.8. The summed E-state index contributed by atoms with van der Waals surface area (Å²) in [5, 5.41) is 3.14. The second-order valence-electron chi connectivity index (χ2n) is 4.96. The molecule has 0 saturated carbocycles. The van der Waals surface area contributed by atoms with Crippen LogP contribution in [0.2, 0.25) is 0 Å². The molecule has 0 atom stereocenters. The van der Waals surface area contributed by atoms with Crippen LogP contribution in [0.5, 0.6) is 0 Å². The predicted molar refractivity (Wildman–Crippen MR) is 74.7 cm³/mol. The van der Waals surface area contributed by atoms with Crippen molar-refractivity contribution in [1.82, 2.24) is 5.32 Å². The molecule has 100 valence electrons. The Hall–Kier alpha value is -0.530. The molecule has 0 aromatic carbocycles. The molecule has 1 amide bonds. The van der Waals surface area contributed by atoms with Crippen molar-refractivity contribution in [2.24, 2.45) is 5.41 Å². The van der Waals surface area contributed by atoms with Crippen LogP contribution in [0.25, 0.3) is 0 Å². The highest BCUT2D eigenvalue weighted by Gasteiger charge is 2.30. The Morgan fingerprint density at radius 3 is 1.56 bits per heavy atom. The Labute approximate surface area is 103 Å². The van der Waals surface area contributed by atoms with Gasteiger partial charge in [0.2, 0.25) is 5.91 Å². The van der Waals surface area contributed by atoms with Crippen molar-refractivity contribution in [1.29, 1.82) is 0 Å². The number of rotatable bonds is 5. The number of nitrogens with one attached hydrogen (secondary N) is 1. The van der Waals surface area contributed by atoms with E-state index in [-0.39, 0.29) is 31.7 Å². The largest absolute Gasteiger partial charge is 0.351 e. The summed E-state index contributed by atoms with van der Waals surface area (Å²) >= 11 is 0. The number of hydrogen-bond acceptors (Lipinski definition) is 1. The van der Waals surface area contributed by atoms with E-state index in [4.69, 9.17) is 0 Å². The van der Waals surface area contributed by atoms with Gasteiger partial charge >= 0.3 is 0 Å². The van der Waals surface area contributed by atoms with Crippen molar-refractivity contribution in [3.63, 3.8) is 0 Å². The SMILES string of the molecule is C.C.CCC(C)(CC)NC(=O)C(C)(C)CC. The quantitative estimate of drug-likeness (QED) is 0.747. The zero-order valence-electron chi connectivity index (χ0n) is 10.5. The number of carbonyl (C=O) groups is 1. The highest BCUT2D eigenvalue weighted by atomic mass is 16.2. The summed E-state index contributed by atoms with van der Waals surface area (Å²) in [6.07, 6.45) is 2.84. The molecule has 16 heavy (non-hydrogen) atoms. The molecule has 2 nitrogen and oxygen atoms in total. The summed E-state index contributed by atoms with van der Waals surface area (Å²) in [4.78, 5) is 11.9. The second-order valence-corrected chi connectivity index (χ2v) is 4.96. The molecule has 0 aliphatic heterocycles. The Morgan fingerprint density at radius 2 is 1.31 bits per heavy atom. The van der Waals surface area contributed by atoms with E-state index in [1.54, 1.807) is 0 Å². The highest BCUT2D eigenvalue weighted by molar-refractivity contribution is 5.82. The van der Waals surface area contributed by atoms with Gasteiger partial charge in [0, 0.05) is 11.0 Å². The fourth-order valence-electron chi connectivity index (χ4n) is 1.03. The third-order valence-electron chi connectivity index (χ3n) is 3.47. The molecule has 0 rings (SSSR count). The average Bonchev–Trinajstić information content (AvgIpc) is 2.17. The van der Waals surface area contributed by atoms with E-state index in [0.29, 0.717) is 0 Å². The fourth-order valence-corrected chi connectivity index (χ4v) is 1.03. The Balaban J connectivity index is -0.000000845. The Morgan fingerprint density at radius 1 is 0.938 bits per heavy atom. The average molecular weight is 231 g/mol. The summed E-state index contributed by atoms with van der Waals surface area (Å²) in [6.45, 7) is 12.4. The van der Waals surface area contributed by atoms with Crippen molar-refractivity contribution in [2.45, 2.75) is 81.2 Å². The van der Waals surface area contributed by atoms with Crippen LogP contribution in [0.4, 0.5) is 0 Å². The molecule has 0 aliphatic carbocycles. The van der Waals surface area contributed by atoms with E-state index in [1.165, 1.54) is 0 Å². The van der Waals surface area contributed by atoms with Crippen LogP contribution in [0.1, 0.15) is 75.7 Å². The minimum absolute atomic E-state index is 0. The normalized spacial score (nSPS) is 11.1. The van der Waals surface area contributed by atoms with E-state index in [2.05, 4.69) is 33.0 Å². The van der Waals surface area contributed by atoms with Crippen molar-refractivity contribution in [3.8, 4) is 0 Å². The maximum Gasteiger partial charge on any atom is 0.226 e. The van der Waals surface area contributed by atoms with Crippen LogP contribution in [-0.4, -0.2) is 11.4 Å². The molecule has 1 N–H and O–H groups in total. The van der Waals surface area contributed by atoms with Gasteiger partial charge in [0.05, 0.1) is 0 Å². The molecule has 0 aromatic rings. The van der Waals surface area contributed by atoms with Crippen LogP contribution in [-0.2, 0) is 4.79 Å². The van der Waals surface area contributed by atoms with E-state index in [9.17, 15) is 4.79 Å². The minimum Gasteiger partial charge on any atom is -0.351 e. The van der Waals surface area contributed by atoms with Crippen LogP contribution in [0.3, 0.4) is 0 Å². The smallest absolute Gasteiger partial charge is 0.226 e. The maximum atomic E-state index is 11.9. The molecule has 0 saturated heterocycles. The molecule has 0 spiro atoms. The predicted octanol–water partition coefficient (Wildman–Crippen LogP) is 4.39. The van der Waals surface area contributed by atoms with Gasteiger partial charge in [-0.25, -0.2) is 0 Å². The third kappa shape index (κ3) is 5.53. The monoisotopic (exact) mass is 231 g/mol. The van der Waals surface area contributed by atoms with Gasteiger partial charge in [0.1, 0.15) is 0 Å². The molecule has 0 heterocycles. The highest BCUT2D eigenvalue weighted by Crippen LogP contribution is 2.23. The Bertz CT molecular complexity index is 193. The van der Waals surface area contributed by atoms with E-state index < -0.39 is 0 Å². The molecule has 2 heteroatoms. The molecule has 0 bridgehead atoms. The first-order valence-electron chi connectivity index (χ1n) is 5.64. The standard InChI is InChI=1S/C12H25NO.2CH4/c1-7-11(4,5)10(14)13-12(6,8-2)9-3;;/h7-9H2,1-6H3,(H,13,14);2*1H4. The number of carbonyl (C=O) groups excluding carboxylic acids is 1. The van der Waals surface area contributed by atoms with Crippen LogP contribution >= 0.6 is 0 Å². The third-order valence-corrected chi connectivity index (χ3v) is 3.47. The fraction of sp³-hybridized carbons (Fsp3) is 0.929. The van der Waals surface area contributed by atoms with Gasteiger partial charge in [-0.3, -0.25) is 4.79 Å². The van der Waals surface area contributed by atoms with Gasteiger partial charge in [0.25, 0.3) is 0 Å². The Kier molecular flexibility index (Phi) is 10.0. The molecular weight excluding hydrogens is 198 g/mol. The lowest BCUT2D eigenvalue weighted by Crippen LogP contribution is -2.49. The lowest BCUT2D eigenvalue weighted by Gasteiger charge is -2.33. The molecule has 0 fully saturated rings. The first-order chi connectivity index (χ1) is 6.31. The van der Waals surface area contributed by atoms with Gasteiger partial charge in [-0.15, -0.1) is 0 Å². The van der Waals surface area contributed by atoms with Crippen molar-refractivity contribution in [2.75, 3.05) is 0 Å². The van der Waals surface area contributed by atoms with E-state index in [0.717, 1.165) is 19.3 Å². The van der Waals surface area contributed by atoms with Gasteiger partial charge in [0.15, 0.2) is 0 Å². The lowest BCUT2D eigenvalue weighted by atomic mass is 9.86. The zero-order valence-corrected chi connectivity index (χ0v) is 10.5. The van der Waals surface area contributed by atoms with Gasteiger partial charge in [-0.05, 0) is 26.2 Å². The first-order valence-corrected chi connectivity index (χ1v) is 5.64.